The molecule has 2 amide bonds. The molecule has 0 unspecified atom stereocenters. The first-order valence-corrected chi connectivity index (χ1v) is 22.3. The normalized spacial score (nSPS) is 14.0. The minimum Gasteiger partial charge on any atom is -0.444 e. The van der Waals surface area contributed by atoms with Crippen molar-refractivity contribution in [2.75, 3.05) is 19.1 Å². The fourth-order valence-electron chi connectivity index (χ4n) is 5.50. The highest BCUT2D eigenvalue weighted by Crippen LogP contribution is 2.27. The van der Waals surface area contributed by atoms with Gasteiger partial charge in [-0.3, -0.25) is 18.9 Å². The molecule has 2 aliphatic rings. The van der Waals surface area contributed by atoms with Gasteiger partial charge in [-0.05, 0) is 109 Å². The van der Waals surface area contributed by atoms with Crippen LogP contribution in [0.5, 0.6) is 0 Å². The second kappa shape index (κ2) is 20.8. The molecule has 1 N–H and O–H groups in total. The predicted molar refractivity (Wildman–Crippen MR) is 213 cm³/mol. The van der Waals surface area contributed by atoms with Crippen LogP contribution in [-0.2, 0) is 72.2 Å². The van der Waals surface area contributed by atoms with Gasteiger partial charge < -0.3 is 14.6 Å². The van der Waals surface area contributed by atoms with Crippen molar-refractivity contribution < 1.29 is 45.2 Å². The largest absolute Gasteiger partial charge is 0.444 e. The van der Waals surface area contributed by atoms with Crippen LogP contribution in [-0.4, -0.2) is 91.2 Å². The first-order valence-electron chi connectivity index (χ1n) is 17.8. The first-order chi connectivity index (χ1) is 24.5. The zero-order valence-electron chi connectivity index (χ0n) is 34.2. The highest BCUT2D eigenvalue weighted by molar-refractivity contribution is 8.13. The van der Waals surface area contributed by atoms with Gasteiger partial charge in [-0.25, -0.2) is 18.0 Å². The maximum Gasteiger partial charge on any atom is 0.410 e. The van der Waals surface area contributed by atoms with Crippen molar-refractivity contribution in [1.82, 2.24) is 14.7 Å². The number of carbonyl (C=O) groups is 2. The average molecular weight is 821 g/mol. The summed E-state index contributed by atoms with van der Waals surface area (Å²) in [5.74, 6) is 0. The van der Waals surface area contributed by atoms with E-state index in [1.165, 1.54) is 0 Å². The molecule has 0 bridgehead atoms. The zero-order chi connectivity index (χ0) is 41.8. The van der Waals surface area contributed by atoms with Gasteiger partial charge in [0.15, 0.2) is 0 Å². The molecule has 2 aromatic rings. The lowest BCUT2D eigenvalue weighted by molar-refractivity contribution is 0.0232. The third-order valence-corrected chi connectivity index (χ3v) is 8.15. The molecule has 0 atom stereocenters. The Labute approximate surface area is 328 Å². The summed E-state index contributed by atoms with van der Waals surface area (Å²) in [4.78, 5) is 29.8. The SMILES string of the molecule is CC(C)(C)OC(=O)N1Cc2ccc(CO)cc2C1.CC(C)(C)OC(=O)N1Cc2ccc(COS(C)(=O)=O)cc2C1.CCN(C(C)C)C(C)C.CS(=O)(=O)Cl. The zero-order valence-corrected chi connectivity index (χ0v) is 36.6. The number of amides is 2. The summed E-state index contributed by atoms with van der Waals surface area (Å²) in [6.45, 7) is 25.5. The van der Waals surface area contributed by atoms with Crippen LogP contribution in [0.3, 0.4) is 0 Å². The van der Waals surface area contributed by atoms with E-state index in [0.717, 1.165) is 52.4 Å². The van der Waals surface area contributed by atoms with Gasteiger partial charge in [-0.1, -0.05) is 43.3 Å². The quantitative estimate of drug-likeness (QED) is 0.223. The molecule has 0 aromatic heterocycles. The van der Waals surface area contributed by atoms with Gasteiger partial charge in [-0.15, -0.1) is 0 Å². The summed E-state index contributed by atoms with van der Waals surface area (Å²) in [6.07, 6.45) is 1.31. The van der Waals surface area contributed by atoms with Crippen LogP contribution < -0.4 is 0 Å². The molecule has 0 saturated carbocycles. The standard InChI is InChI=1S/C15H21NO5S.C14H19NO3.C8H19N.CH3ClO2S/c1-15(2,3)21-14(17)16-8-12-6-5-11(7-13(12)9-16)10-20-22(4,18)19;1-14(2,3)18-13(17)15-7-11-5-4-10(9-16)6-12(11)8-15;1-6-9(7(2)3)8(4)5;1-5(2,3)4/h5-7H,8-10H2,1-4H3;4-6,16H,7-9H2,1-3H3;7-8H,6H2,1-5H3;1H3. The van der Waals surface area contributed by atoms with Crippen LogP contribution in [0.15, 0.2) is 36.4 Å². The molecular weight excluding hydrogens is 758 g/mol. The number of carbonyl (C=O) groups excluding carboxylic acids is 2. The monoisotopic (exact) mass is 819 g/mol. The fraction of sp³-hybridized carbons (Fsp3) is 0.632. The maximum atomic E-state index is 12.1. The minimum atomic E-state index is -3.47. The molecule has 0 spiro atoms. The van der Waals surface area contributed by atoms with Gasteiger partial charge in [-0.2, -0.15) is 8.42 Å². The molecule has 2 aliphatic heterocycles. The van der Waals surface area contributed by atoms with Gasteiger partial charge >= 0.3 is 12.2 Å². The number of benzene rings is 2. The maximum absolute atomic E-state index is 12.1. The lowest BCUT2D eigenvalue weighted by Crippen LogP contribution is -2.36. The van der Waals surface area contributed by atoms with E-state index >= 15 is 0 Å². The lowest BCUT2D eigenvalue weighted by atomic mass is 10.1. The Hall–Kier alpha value is -2.95. The number of hydrogen-bond donors (Lipinski definition) is 1. The Morgan fingerprint density at radius 3 is 1.39 bits per heavy atom. The van der Waals surface area contributed by atoms with E-state index in [2.05, 4.69) is 50.2 Å². The smallest absolute Gasteiger partial charge is 0.410 e. The van der Waals surface area contributed by atoms with E-state index in [1.54, 1.807) is 9.80 Å². The van der Waals surface area contributed by atoms with Crippen molar-refractivity contribution in [3.63, 3.8) is 0 Å². The molecule has 13 nitrogen and oxygen atoms in total. The van der Waals surface area contributed by atoms with E-state index in [0.29, 0.717) is 38.3 Å². The number of aliphatic hydroxyl groups is 1. The number of aliphatic hydroxyl groups excluding tert-OH is 1. The van der Waals surface area contributed by atoms with Crippen molar-refractivity contribution in [2.24, 2.45) is 0 Å². The Balaban J connectivity index is 0.000000407. The van der Waals surface area contributed by atoms with Crippen LogP contribution in [0.4, 0.5) is 9.59 Å². The van der Waals surface area contributed by atoms with Crippen molar-refractivity contribution in [3.05, 3.63) is 69.8 Å². The summed E-state index contributed by atoms with van der Waals surface area (Å²) < 4.78 is 56.3. The Kier molecular flexibility index (Phi) is 18.9. The van der Waals surface area contributed by atoms with Crippen LogP contribution in [0.2, 0.25) is 0 Å². The topological polar surface area (TPSA) is 160 Å². The van der Waals surface area contributed by atoms with Crippen molar-refractivity contribution >= 4 is 42.0 Å². The second-order valence-electron chi connectivity index (χ2n) is 15.7. The third kappa shape index (κ3) is 20.1. The number of ether oxygens (including phenoxy) is 2. The second-order valence-corrected chi connectivity index (χ2v) is 20.4. The van der Waals surface area contributed by atoms with Gasteiger partial charge in [0, 0.05) is 48.9 Å². The summed E-state index contributed by atoms with van der Waals surface area (Å²) in [6, 6.07) is 12.7. The molecule has 0 radical (unpaired) electrons. The van der Waals surface area contributed by atoms with Crippen LogP contribution in [0.1, 0.15) is 110 Å². The molecule has 16 heteroatoms. The van der Waals surface area contributed by atoms with Crippen molar-refractivity contribution in [2.45, 2.75) is 139 Å². The summed E-state index contributed by atoms with van der Waals surface area (Å²) >= 11 is 0. The number of hydrogen-bond acceptors (Lipinski definition) is 11. The Morgan fingerprint density at radius 1 is 0.741 bits per heavy atom. The Morgan fingerprint density at radius 2 is 1.09 bits per heavy atom. The van der Waals surface area contributed by atoms with Crippen molar-refractivity contribution in [1.29, 1.82) is 0 Å². The summed E-state index contributed by atoms with van der Waals surface area (Å²) in [5, 5.41) is 9.09. The van der Waals surface area contributed by atoms with E-state index < -0.39 is 30.4 Å². The van der Waals surface area contributed by atoms with E-state index in [-0.39, 0.29) is 25.4 Å². The highest BCUT2D eigenvalue weighted by Gasteiger charge is 2.29. The minimum absolute atomic E-state index is 0.00144. The van der Waals surface area contributed by atoms with Crippen LogP contribution >= 0.6 is 10.7 Å². The fourth-order valence-corrected chi connectivity index (χ4v) is 5.85. The predicted octanol–water partition coefficient (Wildman–Crippen LogP) is 7.15. The molecule has 2 heterocycles. The van der Waals surface area contributed by atoms with Gasteiger partial charge in [0.05, 0.1) is 25.7 Å². The van der Waals surface area contributed by atoms with E-state index in [4.69, 9.17) is 18.8 Å². The van der Waals surface area contributed by atoms with Gasteiger partial charge in [0.25, 0.3) is 10.1 Å². The van der Waals surface area contributed by atoms with Crippen molar-refractivity contribution in [3.8, 4) is 0 Å². The van der Waals surface area contributed by atoms with E-state index in [1.807, 2.05) is 77.9 Å². The molecule has 2 aromatic carbocycles. The number of fused-ring (bicyclic) bond motifs is 2. The Bertz CT molecular complexity index is 1740. The van der Waals surface area contributed by atoms with Crippen LogP contribution in [0.25, 0.3) is 0 Å². The lowest BCUT2D eigenvalue weighted by Gasteiger charge is -2.28. The molecular formula is C38H62ClN3O10S2. The summed E-state index contributed by atoms with van der Waals surface area (Å²) in [5.41, 5.74) is 4.87. The molecule has 0 aliphatic carbocycles. The molecule has 308 valence electrons. The number of rotatable bonds is 7. The molecule has 0 saturated heterocycles. The van der Waals surface area contributed by atoms with Crippen LogP contribution in [0, 0.1) is 0 Å². The number of halogens is 1. The number of nitrogens with zero attached hydrogens (tertiary/aromatic N) is 3. The third-order valence-electron chi connectivity index (χ3n) is 7.60. The summed E-state index contributed by atoms with van der Waals surface area (Å²) in [7, 11) is -2.16. The highest BCUT2D eigenvalue weighted by atomic mass is 35.7. The molecule has 54 heavy (non-hydrogen) atoms. The molecule has 0 fully saturated rings. The first kappa shape index (κ1) is 49.1. The van der Waals surface area contributed by atoms with Gasteiger partial charge in [0.2, 0.25) is 9.05 Å². The average Bonchev–Trinajstić information content (AvgIpc) is 3.62. The van der Waals surface area contributed by atoms with Gasteiger partial charge in [0.1, 0.15) is 11.2 Å². The molecule has 4 rings (SSSR count). The van der Waals surface area contributed by atoms with E-state index in [9.17, 15) is 26.4 Å².